The van der Waals surface area contributed by atoms with Gasteiger partial charge in [0.05, 0.1) is 6.20 Å². The maximum absolute atomic E-state index is 12.6. The van der Waals surface area contributed by atoms with Crippen LogP contribution in [0.15, 0.2) is 6.20 Å². The second-order valence-corrected chi connectivity index (χ2v) is 7.66. The zero-order valence-electron chi connectivity index (χ0n) is 13.8. The lowest BCUT2D eigenvalue weighted by atomic mass is 9.83. The van der Waals surface area contributed by atoms with Gasteiger partial charge in [0.15, 0.2) is 5.69 Å². The highest BCUT2D eigenvalue weighted by molar-refractivity contribution is 5.84. The minimum absolute atomic E-state index is 0.0301. The molecule has 2 heterocycles. The highest BCUT2D eigenvalue weighted by atomic mass is 16.4. The third kappa shape index (κ3) is 2.91. The van der Waals surface area contributed by atoms with Gasteiger partial charge in [-0.2, -0.15) is 0 Å². The van der Waals surface area contributed by atoms with Gasteiger partial charge in [0, 0.05) is 12.6 Å². The van der Waals surface area contributed by atoms with E-state index < -0.39 is 5.97 Å². The van der Waals surface area contributed by atoms with Crippen LogP contribution in [-0.2, 0) is 11.3 Å². The minimum atomic E-state index is -1.12. The molecule has 1 N–H and O–H groups in total. The summed E-state index contributed by atoms with van der Waals surface area (Å²) in [5.41, 5.74) is -0.122. The predicted molar refractivity (Wildman–Crippen MR) is 85.3 cm³/mol. The fourth-order valence-electron chi connectivity index (χ4n) is 5.13. The summed E-state index contributed by atoms with van der Waals surface area (Å²) in [5, 5.41) is 16.2. The van der Waals surface area contributed by atoms with Crippen LogP contribution in [0.2, 0.25) is 0 Å². The Labute approximate surface area is 141 Å². The molecule has 1 aliphatic heterocycles. The Morgan fingerprint density at radius 2 is 2.12 bits per heavy atom. The largest absolute Gasteiger partial charge is 0.476 e. The van der Waals surface area contributed by atoms with Gasteiger partial charge in [-0.1, -0.05) is 11.6 Å². The topological polar surface area (TPSA) is 88.3 Å². The van der Waals surface area contributed by atoms with E-state index in [1.54, 1.807) is 0 Å². The number of carbonyl (C=O) groups is 2. The summed E-state index contributed by atoms with van der Waals surface area (Å²) in [5.74, 6) is 1.54. The lowest BCUT2D eigenvalue weighted by Crippen LogP contribution is -2.39. The van der Waals surface area contributed by atoms with Crippen LogP contribution in [0.1, 0.15) is 55.4 Å². The molecule has 0 aromatic carbocycles. The Morgan fingerprint density at radius 1 is 1.25 bits per heavy atom. The van der Waals surface area contributed by atoms with Crippen LogP contribution in [0.5, 0.6) is 0 Å². The third-order valence-corrected chi connectivity index (χ3v) is 6.21. The summed E-state index contributed by atoms with van der Waals surface area (Å²) in [4.78, 5) is 25.5. The average Bonchev–Trinajstić information content (AvgIpc) is 3.31. The van der Waals surface area contributed by atoms with Crippen LogP contribution >= 0.6 is 0 Å². The van der Waals surface area contributed by atoms with E-state index in [0.717, 1.165) is 43.6 Å². The second kappa shape index (κ2) is 6.18. The van der Waals surface area contributed by atoms with Crippen LogP contribution in [0.25, 0.3) is 0 Å². The van der Waals surface area contributed by atoms with Gasteiger partial charge in [0.1, 0.15) is 6.54 Å². The van der Waals surface area contributed by atoms with Crippen molar-refractivity contribution >= 4 is 11.9 Å². The zero-order chi connectivity index (χ0) is 16.7. The first-order valence-electron chi connectivity index (χ1n) is 9.03. The van der Waals surface area contributed by atoms with Gasteiger partial charge in [-0.3, -0.25) is 4.79 Å². The number of hydrogen-bond acceptors (Lipinski definition) is 4. The maximum atomic E-state index is 12.6. The van der Waals surface area contributed by atoms with Crippen LogP contribution in [0.4, 0.5) is 0 Å². The summed E-state index contributed by atoms with van der Waals surface area (Å²) in [6.45, 7) is 0.887. The quantitative estimate of drug-likeness (QED) is 0.888. The Balaban J connectivity index is 1.36. The summed E-state index contributed by atoms with van der Waals surface area (Å²) < 4.78 is 1.33. The molecule has 2 saturated carbocycles. The van der Waals surface area contributed by atoms with E-state index in [4.69, 9.17) is 5.11 Å². The fourth-order valence-corrected chi connectivity index (χ4v) is 5.13. The molecule has 3 fully saturated rings. The van der Waals surface area contributed by atoms with Crippen molar-refractivity contribution < 1.29 is 14.7 Å². The minimum Gasteiger partial charge on any atom is -0.476 e. The Hall–Kier alpha value is -1.92. The number of carboxylic acids is 1. The summed E-state index contributed by atoms with van der Waals surface area (Å²) in [6.07, 6.45) is 10.2. The van der Waals surface area contributed by atoms with Gasteiger partial charge in [0.25, 0.3) is 0 Å². The fraction of sp³-hybridized carbons (Fsp3) is 0.765. The molecule has 1 aromatic heterocycles. The van der Waals surface area contributed by atoms with Crippen LogP contribution in [-0.4, -0.2) is 49.5 Å². The van der Waals surface area contributed by atoms with E-state index in [1.165, 1.54) is 36.6 Å². The number of nitrogens with zero attached hydrogens (tertiary/aromatic N) is 4. The molecule has 1 amide bonds. The SMILES string of the molecule is O=C(O)c1cn(CC(=O)N2CCCC2CC2CC3CCC2C3)nn1. The average molecular weight is 332 g/mol. The normalized spacial score (nSPS) is 31.8. The van der Waals surface area contributed by atoms with Crippen molar-refractivity contribution in [3.8, 4) is 0 Å². The second-order valence-electron chi connectivity index (χ2n) is 7.66. The molecular formula is C17H24N4O3. The summed E-state index contributed by atoms with van der Waals surface area (Å²) in [6, 6.07) is 0.351. The van der Waals surface area contributed by atoms with E-state index in [1.807, 2.05) is 4.90 Å². The number of hydrogen-bond donors (Lipinski definition) is 1. The molecule has 2 bridgehead atoms. The first kappa shape index (κ1) is 15.6. The molecule has 7 heteroatoms. The molecule has 0 spiro atoms. The number of aromatic carboxylic acids is 1. The number of rotatable bonds is 5. The van der Waals surface area contributed by atoms with Crippen LogP contribution in [0.3, 0.4) is 0 Å². The maximum Gasteiger partial charge on any atom is 0.358 e. The molecule has 1 saturated heterocycles. The number of fused-ring (bicyclic) bond motifs is 2. The molecule has 7 nitrogen and oxygen atoms in total. The van der Waals surface area contributed by atoms with Gasteiger partial charge in [-0.25, -0.2) is 9.48 Å². The molecule has 3 aliphatic rings. The molecule has 4 unspecified atom stereocenters. The van der Waals surface area contributed by atoms with E-state index >= 15 is 0 Å². The smallest absolute Gasteiger partial charge is 0.358 e. The van der Waals surface area contributed by atoms with Crippen molar-refractivity contribution in [2.24, 2.45) is 17.8 Å². The number of likely N-dealkylation sites (tertiary alicyclic amines) is 1. The number of carboxylic acid groups (broad SMARTS) is 1. The van der Waals surface area contributed by atoms with Crippen LogP contribution < -0.4 is 0 Å². The van der Waals surface area contributed by atoms with Gasteiger partial charge < -0.3 is 10.0 Å². The first-order valence-corrected chi connectivity index (χ1v) is 9.03. The highest BCUT2D eigenvalue weighted by Gasteiger charge is 2.42. The van der Waals surface area contributed by atoms with E-state index in [2.05, 4.69) is 10.3 Å². The lowest BCUT2D eigenvalue weighted by molar-refractivity contribution is -0.133. The van der Waals surface area contributed by atoms with E-state index in [0.29, 0.717) is 6.04 Å². The Kier molecular flexibility index (Phi) is 4.02. The van der Waals surface area contributed by atoms with Crippen molar-refractivity contribution in [2.45, 2.75) is 57.5 Å². The molecule has 1 aromatic rings. The lowest BCUT2D eigenvalue weighted by Gasteiger charge is -2.30. The molecule has 2 aliphatic carbocycles. The molecule has 130 valence electrons. The van der Waals surface area contributed by atoms with E-state index in [9.17, 15) is 9.59 Å². The van der Waals surface area contributed by atoms with Crippen molar-refractivity contribution in [1.82, 2.24) is 19.9 Å². The van der Waals surface area contributed by atoms with Crippen molar-refractivity contribution in [2.75, 3.05) is 6.54 Å². The number of amides is 1. The summed E-state index contributed by atoms with van der Waals surface area (Å²) in [7, 11) is 0. The van der Waals surface area contributed by atoms with Crippen molar-refractivity contribution in [1.29, 1.82) is 0 Å². The van der Waals surface area contributed by atoms with Gasteiger partial charge in [0.2, 0.25) is 5.91 Å². The molecule has 4 rings (SSSR count). The third-order valence-electron chi connectivity index (χ3n) is 6.21. The number of aromatic nitrogens is 3. The van der Waals surface area contributed by atoms with Crippen LogP contribution in [0, 0.1) is 17.8 Å². The monoisotopic (exact) mass is 332 g/mol. The molecule has 24 heavy (non-hydrogen) atoms. The highest BCUT2D eigenvalue weighted by Crippen LogP contribution is 2.50. The first-order chi connectivity index (χ1) is 11.6. The Bertz CT molecular complexity index is 644. The molecule has 4 atom stereocenters. The molecular weight excluding hydrogens is 308 g/mol. The zero-order valence-corrected chi connectivity index (χ0v) is 13.8. The van der Waals surface area contributed by atoms with Crippen molar-refractivity contribution in [3.63, 3.8) is 0 Å². The standard InChI is InChI=1S/C17H24N4O3/c22-16(10-20-9-15(17(23)24)18-19-20)21-5-1-2-14(21)8-13-7-11-3-4-12(13)6-11/h9,11-14H,1-8,10H2,(H,23,24). The van der Waals surface area contributed by atoms with Crippen molar-refractivity contribution in [3.05, 3.63) is 11.9 Å². The molecule has 0 radical (unpaired) electrons. The van der Waals surface area contributed by atoms with E-state index in [-0.39, 0.29) is 18.1 Å². The predicted octanol–water partition coefficient (Wildman–Crippen LogP) is 1.79. The van der Waals surface area contributed by atoms with Gasteiger partial charge in [-0.05, 0) is 56.3 Å². The summed E-state index contributed by atoms with van der Waals surface area (Å²) >= 11 is 0. The van der Waals surface area contributed by atoms with Gasteiger partial charge in [-0.15, -0.1) is 5.10 Å². The Morgan fingerprint density at radius 3 is 2.79 bits per heavy atom. The number of carbonyl (C=O) groups excluding carboxylic acids is 1. The van der Waals surface area contributed by atoms with Gasteiger partial charge >= 0.3 is 5.97 Å².